The number of hydrogen-bond donors (Lipinski definition) is 1. The largest absolute Gasteiger partial charge is 0.481 e. The average Bonchev–Trinajstić information content (AvgIpc) is 2.24. The maximum absolute atomic E-state index is 10.6. The van der Waals surface area contributed by atoms with E-state index in [2.05, 4.69) is 39.0 Å². The van der Waals surface area contributed by atoms with Gasteiger partial charge in [0.2, 0.25) is 0 Å². The van der Waals surface area contributed by atoms with Gasteiger partial charge in [0.1, 0.15) is 0 Å². The molecule has 17 heavy (non-hydrogen) atoms. The van der Waals surface area contributed by atoms with Gasteiger partial charge in [-0.2, -0.15) is 0 Å². The fraction of sp³-hybridized carbons (Fsp3) is 0.400. The minimum absolute atomic E-state index is 0.0999. The smallest absolute Gasteiger partial charge is 0.307 e. The molecule has 92 valence electrons. The highest BCUT2D eigenvalue weighted by molar-refractivity contribution is 5.75. The number of allylic oxidation sites excluding steroid dienone is 1. The Bertz CT molecular complexity index is 431. The van der Waals surface area contributed by atoms with Crippen molar-refractivity contribution >= 4 is 11.5 Å². The van der Waals surface area contributed by atoms with Crippen LogP contribution in [0.1, 0.15) is 42.9 Å². The molecule has 1 N–H and O–H groups in total. The van der Waals surface area contributed by atoms with E-state index >= 15 is 0 Å². The molecule has 0 aliphatic carbocycles. The van der Waals surface area contributed by atoms with E-state index in [9.17, 15) is 4.79 Å². The molecular weight excluding hydrogens is 212 g/mol. The summed E-state index contributed by atoms with van der Waals surface area (Å²) in [4.78, 5) is 10.6. The van der Waals surface area contributed by atoms with E-state index in [4.69, 9.17) is 5.11 Å². The van der Waals surface area contributed by atoms with Crippen LogP contribution in [0.2, 0.25) is 0 Å². The van der Waals surface area contributed by atoms with Crippen LogP contribution in [0.4, 0.5) is 0 Å². The van der Waals surface area contributed by atoms with Crippen LogP contribution in [0.25, 0.3) is 5.57 Å². The van der Waals surface area contributed by atoms with Gasteiger partial charge in [0, 0.05) is 0 Å². The molecular formula is C15H20O2. The first-order valence-electron chi connectivity index (χ1n) is 6.03. The van der Waals surface area contributed by atoms with E-state index in [0.29, 0.717) is 0 Å². The van der Waals surface area contributed by atoms with Crippen molar-refractivity contribution in [3.8, 4) is 0 Å². The van der Waals surface area contributed by atoms with Crippen LogP contribution in [0.5, 0.6) is 0 Å². The number of benzene rings is 1. The predicted molar refractivity (Wildman–Crippen MR) is 71.1 cm³/mol. The quantitative estimate of drug-likeness (QED) is 0.834. The standard InChI is InChI=1S/C15H20O2/c1-4-5-13(7-9-15(16)17)14-8-6-11(2)10-12(14)3/h6-8,10H,4-5,9H2,1-3H3,(H,16,17)/b13-7+. The van der Waals surface area contributed by atoms with Crippen molar-refractivity contribution in [1.82, 2.24) is 0 Å². The molecule has 1 aromatic rings. The Labute approximate surface area is 103 Å². The van der Waals surface area contributed by atoms with Crippen molar-refractivity contribution in [2.75, 3.05) is 0 Å². The molecule has 1 aromatic carbocycles. The Kier molecular flexibility index (Phi) is 4.95. The predicted octanol–water partition coefficient (Wildman–Crippen LogP) is 3.96. The molecule has 0 aliphatic heterocycles. The van der Waals surface area contributed by atoms with Crippen molar-refractivity contribution in [1.29, 1.82) is 0 Å². The molecule has 0 unspecified atom stereocenters. The van der Waals surface area contributed by atoms with Crippen molar-refractivity contribution in [2.24, 2.45) is 0 Å². The second kappa shape index (κ2) is 6.24. The van der Waals surface area contributed by atoms with E-state index in [1.807, 2.05) is 6.08 Å². The lowest BCUT2D eigenvalue weighted by molar-refractivity contribution is -0.135. The molecule has 0 fully saturated rings. The Hall–Kier alpha value is -1.57. The minimum Gasteiger partial charge on any atom is -0.481 e. The monoisotopic (exact) mass is 232 g/mol. The third-order valence-electron chi connectivity index (χ3n) is 2.77. The summed E-state index contributed by atoms with van der Waals surface area (Å²) < 4.78 is 0. The SMILES string of the molecule is CCC/C(=C\CC(=O)O)c1ccc(C)cc1C. The molecule has 0 heterocycles. The van der Waals surface area contributed by atoms with Gasteiger partial charge in [-0.05, 0) is 37.0 Å². The first-order chi connectivity index (χ1) is 8.04. The van der Waals surface area contributed by atoms with Crippen molar-refractivity contribution in [2.45, 2.75) is 40.0 Å². The van der Waals surface area contributed by atoms with Gasteiger partial charge >= 0.3 is 5.97 Å². The fourth-order valence-electron chi connectivity index (χ4n) is 2.00. The zero-order valence-corrected chi connectivity index (χ0v) is 10.8. The van der Waals surface area contributed by atoms with Crippen LogP contribution in [-0.4, -0.2) is 11.1 Å². The number of carboxylic acids is 1. The molecule has 0 atom stereocenters. The van der Waals surface area contributed by atoms with Gasteiger partial charge < -0.3 is 5.11 Å². The zero-order valence-electron chi connectivity index (χ0n) is 10.8. The molecule has 0 spiro atoms. The third-order valence-corrected chi connectivity index (χ3v) is 2.77. The summed E-state index contributed by atoms with van der Waals surface area (Å²) in [5.74, 6) is -0.775. The van der Waals surface area contributed by atoms with Crippen LogP contribution in [0.3, 0.4) is 0 Å². The van der Waals surface area contributed by atoms with E-state index in [1.54, 1.807) is 0 Å². The summed E-state index contributed by atoms with van der Waals surface area (Å²) in [6, 6.07) is 6.31. The average molecular weight is 232 g/mol. The van der Waals surface area contributed by atoms with E-state index in [0.717, 1.165) is 18.4 Å². The topological polar surface area (TPSA) is 37.3 Å². The lowest BCUT2D eigenvalue weighted by atomic mass is 9.95. The van der Waals surface area contributed by atoms with Gasteiger partial charge in [0.25, 0.3) is 0 Å². The fourth-order valence-corrected chi connectivity index (χ4v) is 2.00. The molecule has 0 radical (unpaired) electrons. The van der Waals surface area contributed by atoms with E-state index in [1.165, 1.54) is 16.7 Å². The number of rotatable bonds is 5. The summed E-state index contributed by atoms with van der Waals surface area (Å²) in [5, 5.41) is 8.75. The highest BCUT2D eigenvalue weighted by atomic mass is 16.4. The molecule has 0 saturated heterocycles. The highest BCUT2D eigenvalue weighted by Crippen LogP contribution is 2.24. The summed E-state index contributed by atoms with van der Waals surface area (Å²) in [6.45, 7) is 6.25. The summed E-state index contributed by atoms with van der Waals surface area (Å²) >= 11 is 0. The van der Waals surface area contributed by atoms with Crippen molar-refractivity contribution in [3.63, 3.8) is 0 Å². The Morgan fingerprint density at radius 3 is 2.59 bits per heavy atom. The lowest BCUT2D eigenvalue weighted by Crippen LogP contribution is -1.95. The van der Waals surface area contributed by atoms with Gasteiger partial charge in [-0.25, -0.2) is 0 Å². The van der Waals surface area contributed by atoms with Crippen LogP contribution in [0, 0.1) is 13.8 Å². The maximum atomic E-state index is 10.6. The molecule has 0 aromatic heterocycles. The van der Waals surface area contributed by atoms with E-state index in [-0.39, 0.29) is 6.42 Å². The Balaban J connectivity index is 3.04. The normalized spacial score (nSPS) is 11.6. The second-order valence-electron chi connectivity index (χ2n) is 4.40. The number of aryl methyl sites for hydroxylation is 2. The molecule has 0 bridgehead atoms. The van der Waals surface area contributed by atoms with Crippen LogP contribution in [-0.2, 0) is 4.79 Å². The summed E-state index contributed by atoms with van der Waals surface area (Å²) in [6.07, 6.45) is 3.89. The van der Waals surface area contributed by atoms with Crippen molar-refractivity contribution < 1.29 is 9.90 Å². The number of aliphatic carboxylic acids is 1. The maximum Gasteiger partial charge on any atom is 0.307 e. The number of carbonyl (C=O) groups is 1. The first kappa shape index (κ1) is 13.5. The molecule has 0 aliphatic rings. The third kappa shape index (κ3) is 4.06. The summed E-state index contributed by atoms with van der Waals surface area (Å²) in [5.41, 5.74) is 4.78. The lowest BCUT2D eigenvalue weighted by Gasteiger charge is -2.10. The molecule has 1 rings (SSSR count). The molecule has 0 saturated carbocycles. The van der Waals surface area contributed by atoms with Crippen LogP contribution < -0.4 is 0 Å². The highest BCUT2D eigenvalue weighted by Gasteiger charge is 2.05. The van der Waals surface area contributed by atoms with Crippen molar-refractivity contribution in [3.05, 3.63) is 41.0 Å². The first-order valence-corrected chi connectivity index (χ1v) is 6.03. The van der Waals surface area contributed by atoms with Gasteiger partial charge in [0.15, 0.2) is 0 Å². The molecule has 2 heteroatoms. The van der Waals surface area contributed by atoms with Gasteiger partial charge in [0.05, 0.1) is 6.42 Å². The minimum atomic E-state index is -0.775. The number of carboxylic acid groups (broad SMARTS) is 1. The second-order valence-corrected chi connectivity index (χ2v) is 4.40. The Morgan fingerprint density at radius 2 is 2.06 bits per heavy atom. The van der Waals surface area contributed by atoms with Crippen LogP contribution in [0.15, 0.2) is 24.3 Å². The van der Waals surface area contributed by atoms with Crippen LogP contribution >= 0.6 is 0 Å². The van der Waals surface area contributed by atoms with Gasteiger partial charge in [-0.3, -0.25) is 4.79 Å². The van der Waals surface area contributed by atoms with E-state index < -0.39 is 5.97 Å². The van der Waals surface area contributed by atoms with Gasteiger partial charge in [-0.15, -0.1) is 0 Å². The Morgan fingerprint density at radius 1 is 1.35 bits per heavy atom. The zero-order chi connectivity index (χ0) is 12.8. The summed E-state index contributed by atoms with van der Waals surface area (Å²) in [7, 11) is 0. The number of hydrogen-bond acceptors (Lipinski definition) is 1. The van der Waals surface area contributed by atoms with Gasteiger partial charge in [-0.1, -0.05) is 43.2 Å². The molecule has 0 amide bonds. The molecule has 2 nitrogen and oxygen atoms in total.